The summed E-state index contributed by atoms with van der Waals surface area (Å²) in [6, 6.07) is 8.06. The molecular weight excluding hydrogens is 327 g/mol. The predicted octanol–water partition coefficient (Wildman–Crippen LogP) is 2.70. The fourth-order valence-electron chi connectivity index (χ4n) is 3.03. The maximum Gasteiger partial charge on any atom is 0.237 e. The Labute approximate surface area is 144 Å². The Balaban J connectivity index is 1.54. The molecule has 3 rings (SSSR count). The lowest BCUT2D eigenvalue weighted by Crippen LogP contribution is -2.44. The van der Waals surface area contributed by atoms with Gasteiger partial charge in [0.25, 0.3) is 0 Å². The van der Waals surface area contributed by atoms with Crippen molar-refractivity contribution >= 4 is 17.2 Å². The zero-order chi connectivity index (χ0) is 16.9. The number of thiophene rings is 1. The molecule has 1 fully saturated rings. The van der Waals surface area contributed by atoms with Gasteiger partial charge in [0.05, 0.1) is 12.1 Å². The first kappa shape index (κ1) is 17.1. The molecule has 1 amide bonds. The summed E-state index contributed by atoms with van der Waals surface area (Å²) in [5.74, 6) is -0.305. The van der Waals surface area contributed by atoms with Gasteiger partial charge in [-0.15, -0.1) is 0 Å². The Morgan fingerprint density at radius 3 is 2.88 bits per heavy atom. The summed E-state index contributed by atoms with van der Waals surface area (Å²) in [6.45, 7) is 1.70. The first-order valence-corrected chi connectivity index (χ1v) is 9.04. The number of benzene rings is 1. The van der Waals surface area contributed by atoms with Crippen LogP contribution < -0.4 is 5.32 Å². The molecule has 128 valence electrons. The molecule has 0 radical (unpaired) electrons. The topological polar surface area (TPSA) is 52.6 Å². The summed E-state index contributed by atoms with van der Waals surface area (Å²) in [4.78, 5) is 14.6. The fraction of sp³-hybridized carbons (Fsp3) is 0.389. The highest BCUT2D eigenvalue weighted by atomic mass is 32.1. The van der Waals surface area contributed by atoms with Crippen LogP contribution in [0.15, 0.2) is 41.1 Å². The zero-order valence-corrected chi connectivity index (χ0v) is 14.1. The van der Waals surface area contributed by atoms with E-state index in [1.807, 2.05) is 16.8 Å². The van der Waals surface area contributed by atoms with Crippen molar-refractivity contribution in [2.24, 2.45) is 0 Å². The largest absolute Gasteiger partial charge is 0.387 e. The highest BCUT2D eigenvalue weighted by molar-refractivity contribution is 7.07. The van der Waals surface area contributed by atoms with E-state index < -0.39 is 6.10 Å². The molecule has 0 aliphatic carbocycles. The second-order valence-corrected chi connectivity index (χ2v) is 6.85. The minimum absolute atomic E-state index is 0.0520. The van der Waals surface area contributed by atoms with E-state index in [1.165, 1.54) is 23.5 Å². The van der Waals surface area contributed by atoms with Crippen molar-refractivity contribution in [2.45, 2.75) is 31.5 Å². The lowest BCUT2D eigenvalue weighted by atomic mass is 10.1. The van der Waals surface area contributed by atoms with Gasteiger partial charge in [0.1, 0.15) is 5.82 Å². The Hall–Kier alpha value is -1.76. The number of aliphatic hydroxyl groups excluding tert-OH is 1. The highest BCUT2D eigenvalue weighted by Crippen LogP contribution is 2.21. The first-order valence-electron chi connectivity index (χ1n) is 8.10. The average molecular weight is 348 g/mol. The monoisotopic (exact) mass is 348 g/mol. The van der Waals surface area contributed by atoms with Crippen molar-refractivity contribution in [2.75, 3.05) is 13.1 Å². The molecule has 1 saturated heterocycles. The van der Waals surface area contributed by atoms with E-state index in [-0.39, 0.29) is 24.3 Å². The van der Waals surface area contributed by atoms with Crippen LogP contribution in [0.3, 0.4) is 0 Å². The van der Waals surface area contributed by atoms with Gasteiger partial charge in [0.2, 0.25) is 5.91 Å². The molecule has 0 saturated carbocycles. The molecule has 0 unspecified atom stereocenters. The van der Waals surface area contributed by atoms with Crippen LogP contribution in [-0.4, -0.2) is 35.0 Å². The quantitative estimate of drug-likeness (QED) is 0.844. The van der Waals surface area contributed by atoms with Gasteiger partial charge >= 0.3 is 0 Å². The smallest absolute Gasteiger partial charge is 0.237 e. The molecule has 0 spiro atoms. The second kappa shape index (κ2) is 7.88. The lowest BCUT2D eigenvalue weighted by molar-refractivity contribution is -0.126. The molecular formula is C18H21FN2O2S. The van der Waals surface area contributed by atoms with Gasteiger partial charge in [-0.2, -0.15) is 11.3 Å². The van der Waals surface area contributed by atoms with E-state index >= 15 is 0 Å². The highest BCUT2D eigenvalue weighted by Gasteiger charge is 2.30. The van der Waals surface area contributed by atoms with Gasteiger partial charge in [-0.1, -0.05) is 12.1 Å². The van der Waals surface area contributed by atoms with E-state index in [9.17, 15) is 14.3 Å². The number of hydrogen-bond donors (Lipinski definition) is 2. The second-order valence-electron chi connectivity index (χ2n) is 6.07. The van der Waals surface area contributed by atoms with Crippen LogP contribution >= 0.6 is 11.3 Å². The number of halogens is 1. The number of likely N-dealkylation sites (tertiary alicyclic amines) is 1. The van der Waals surface area contributed by atoms with E-state index in [2.05, 4.69) is 10.2 Å². The number of carbonyl (C=O) groups is 1. The van der Waals surface area contributed by atoms with E-state index in [4.69, 9.17) is 0 Å². The summed E-state index contributed by atoms with van der Waals surface area (Å²) in [6.07, 6.45) is 1.10. The molecule has 2 N–H and O–H groups in total. The van der Waals surface area contributed by atoms with Crippen LogP contribution in [0.4, 0.5) is 4.39 Å². The molecule has 6 heteroatoms. The summed E-state index contributed by atoms with van der Waals surface area (Å²) in [5, 5.41) is 16.7. The van der Waals surface area contributed by atoms with Crippen molar-refractivity contribution in [1.29, 1.82) is 0 Å². The van der Waals surface area contributed by atoms with Crippen LogP contribution in [0.2, 0.25) is 0 Å². The van der Waals surface area contributed by atoms with Crippen LogP contribution in [0, 0.1) is 5.82 Å². The number of rotatable bonds is 6. The molecule has 2 heterocycles. The third-order valence-electron chi connectivity index (χ3n) is 4.36. The molecule has 1 aliphatic heterocycles. The van der Waals surface area contributed by atoms with Gasteiger partial charge < -0.3 is 10.4 Å². The minimum atomic E-state index is -0.674. The van der Waals surface area contributed by atoms with Crippen LogP contribution in [0.1, 0.15) is 30.1 Å². The van der Waals surface area contributed by atoms with E-state index in [1.54, 1.807) is 12.1 Å². The normalized spacial score (nSPS) is 19.3. The third kappa shape index (κ3) is 4.20. The molecule has 1 aromatic heterocycles. The maximum atomic E-state index is 13.0. The SMILES string of the molecule is O=C(NC[C@@H](O)c1ccsc1)[C@H]1CCCN1Cc1ccc(F)cc1. The zero-order valence-electron chi connectivity index (χ0n) is 13.3. The van der Waals surface area contributed by atoms with Crippen molar-refractivity contribution in [3.05, 3.63) is 58.0 Å². The van der Waals surface area contributed by atoms with Gasteiger partial charge in [-0.25, -0.2) is 4.39 Å². The van der Waals surface area contributed by atoms with E-state index in [0.29, 0.717) is 6.54 Å². The van der Waals surface area contributed by atoms with Gasteiger partial charge in [0.15, 0.2) is 0 Å². The summed E-state index contributed by atoms with van der Waals surface area (Å²) in [7, 11) is 0. The van der Waals surface area contributed by atoms with Crippen LogP contribution in [0.25, 0.3) is 0 Å². The number of amides is 1. The first-order chi connectivity index (χ1) is 11.6. The fourth-order valence-corrected chi connectivity index (χ4v) is 3.74. The number of nitrogens with zero attached hydrogens (tertiary/aromatic N) is 1. The summed E-state index contributed by atoms with van der Waals surface area (Å²) >= 11 is 1.52. The van der Waals surface area contributed by atoms with Crippen molar-refractivity contribution in [3.8, 4) is 0 Å². The van der Waals surface area contributed by atoms with Crippen molar-refractivity contribution in [1.82, 2.24) is 10.2 Å². The minimum Gasteiger partial charge on any atom is -0.387 e. The van der Waals surface area contributed by atoms with Gasteiger partial charge in [0, 0.05) is 13.1 Å². The van der Waals surface area contributed by atoms with Crippen LogP contribution in [0.5, 0.6) is 0 Å². The summed E-state index contributed by atoms with van der Waals surface area (Å²) < 4.78 is 13.0. The van der Waals surface area contributed by atoms with Gasteiger partial charge in [-0.3, -0.25) is 9.69 Å². The Morgan fingerprint density at radius 1 is 1.38 bits per heavy atom. The molecule has 4 nitrogen and oxygen atoms in total. The lowest BCUT2D eigenvalue weighted by Gasteiger charge is -2.24. The molecule has 1 aliphatic rings. The predicted molar refractivity (Wildman–Crippen MR) is 92.1 cm³/mol. The standard InChI is InChI=1S/C18H21FN2O2S/c19-15-5-3-13(4-6-15)11-21-8-1-2-16(21)18(23)20-10-17(22)14-7-9-24-12-14/h3-7,9,12,16-17,22H,1-2,8,10-11H2,(H,20,23)/t16-,17-/m1/s1. The third-order valence-corrected chi connectivity index (χ3v) is 5.06. The van der Waals surface area contributed by atoms with Crippen molar-refractivity contribution < 1.29 is 14.3 Å². The van der Waals surface area contributed by atoms with Gasteiger partial charge in [-0.05, 0) is 59.5 Å². The molecule has 0 bridgehead atoms. The Bertz CT molecular complexity index is 660. The molecule has 1 aromatic carbocycles. The summed E-state index contributed by atoms with van der Waals surface area (Å²) in [5.41, 5.74) is 1.82. The average Bonchev–Trinajstić information content (AvgIpc) is 3.26. The molecule has 2 atom stereocenters. The number of aliphatic hydroxyl groups is 1. The number of nitrogens with one attached hydrogen (secondary N) is 1. The molecule has 24 heavy (non-hydrogen) atoms. The van der Waals surface area contributed by atoms with E-state index in [0.717, 1.165) is 30.5 Å². The van der Waals surface area contributed by atoms with Crippen molar-refractivity contribution in [3.63, 3.8) is 0 Å². The maximum absolute atomic E-state index is 13.0. The number of hydrogen-bond acceptors (Lipinski definition) is 4. The number of carbonyl (C=O) groups excluding carboxylic acids is 1. The molecule has 2 aromatic rings. The Kier molecular flexibility index (Phi) is 5.60. The Morgan fingerprint density at radius 2 is 2.17 bits per heavy atom. The van der Waals surface area contributed by atoms with Crippen LogP contribution in [-0.2, 0) is 11.3 Å².